The van der Waals surface area contributed by atoms with Crippen LogP contribution in [-0.4, -0.2) is 49.2 Å². The standard InChI is InChI=1S/C20H24N4O3/c1-27-16-2-3-18-17(12-16)19-15(13-21-18)7-11-23(19)8-4-14-5-9-24(10-6-14)20(25)22-26/h2-3,12-14H,4-11H2,1H3. The Morgan fingerprint density at radius 2 is 2.11 bits per heavy atom. The zero-order valence-electron chi connectivity index (χ0n) is 15.6. The third kappa shape index (κ3) is 3.46. The molecule has 142 valence electrons. The highest BCUT2D eigenvalue weighted by Crippen LogP contribution is 2.37. The van der Waals surface area contributed by atoms with Crippen molar-refractivity contribution in [2.45, 2.75) is 25.7 Å². The highest BCUT2D eigenvalue weighted by molar-refractivity contribution is 5.95. The molecule has 1 aromatic carbocycles. The Balaban J connectivity index is 1.45. The lowest BCUT2D eigenvalue weighted by molar-refractivity contribution is 0.177. The van der Waals surface area contributed by atoms with Gasteiger partial charge in [0, 0.05) is 42.9 Å². The molecule has 3 heterocycles. The average molecular weight is 368 g/mol. The second kappa shape index (κ2) is 7.50. The number of pyridine rings is 1. The van der Waals surface area contributed by atoms with Gasteiger partial charge in [-0.2, -0.15) is 0 Å². The summed E-state index contributed by atoms with van der Waals surface area (Å²) >= 11 is 0. The number of nitrogens with zero attached hydrogens (tertiary/aromatic N) is 4. The van der Waals surface area contributed by atoms with Crippen LogP contribution in [0.3, 0.4) is 0 Å². The predicted molar refractivity (Wildman–Crippen MR) is 104 cm³/mol. The van der Waals surface area contributed by atoms with Crippen LogP contribution < -0.4 is 9.64 Å². The van der Waals surface area contributed by atoms with Crippen LogP contribution >= 0.6 is 0 Å². The largest absolute Gasteiger partial charge is 0.497 e. The fourth-order valence-corrected chi connectivity index (χ4v) is 4.28. The quantitative estimate of drug-likeness (QED) is 0.771. The van der Waals surface area contributed by atoms with Gasteiger partial charge in [0.1, 0.15) is 5.75 Å². The summed E-state index contributed by atoms with van der Waals surface area (Å²) in [4.78, 5) is 30.4. The predicted octanol–water partition coefficient (Wildman–Crippen LogP) is 3.59. The molecule has 7 nitrogen and oxygen atoms in total. The van der Waals surface area contributed by atoms with Crippen LogP contribution in [0.5, 0.6) is 5.75 Å². The minimum absolute atomic E-state index is 0.576. The molecule has 0 bridgehead atoms. The van der Waals surface area contributed by atoms with E-state index in [1.165, 1.54) is 11.3 Å². The Hall–Kier alpha value is -2.70. The van der Waals surface area contributed by atoms with Gasteiger partial charge in [0.15, 0.2) is 0 Å². The van der Waals surface area contributed by atoms with Crippen LogP contribution in [0.15, 0.2) is 29.6 Å². The van der Waals surface area contributed by atoms with Gasteiger partial charge in [0.25, 0.3) is 0 Å². The zero-order chi connectivity index (χ0) is 18.8. The molecule has 4 rings (SSSR count). The minimum Gasteiger partial charge on any atom is -0.497 e. The van der Waals surface area contributed by atoms with Gasteiger partial charge >= 0.3 is 6.03 Å². The smallest absolute Gasteiger partial charge is 0.381 e. The van der Waals surface area contributed by atoms with E-state index in [0.29, 0.717) is 19.0 Å². The number of anilines is 1. The van der Waals surface area contributed by atoms with Crippen LogP contribution in [0.4, 0.5) is 10.5 Å². The third-order valence-corrected chi connectivity index (χ3v) is 5.86. The summed E-state index contributed by atoms with van der Waals surface area (Å²) in [7, 11) is 1.69. The number of benzene rings is 1. The first-order chi connectivity index (χ1) is 13.2. The monoisotopic (exact) mass is 368 g/mol. The third-order valence-electron chi connectivity index (χ3n) is 5.86. The SMILES string of the molecule is COc1ccc2ncc3c(c2c1)N(CCC1CCN(C(=O)N=O)CC1)CC3. The van der Waals surface area contributed by atoms with E-state index in [4.69, 9.17) is 4.74 Å². The number of fused-ring (bicyclic) bond motifs is 3. The molecule has 1 fully saturated rings. The van der Waals surface area contributed by atoms with E-state index in [9.17, 15) is 9.70 Å². The minimum atomic E-state index is -0.630. The summed E-state index contributed by atoms with van der Waals surface area (Å²) in [5.74, 6) is 1.43. The van der Waals surface area contributed by atoms with Crippen LogP contribution in [0.2, 0.25) is 0 Å². The number of aromatic nitrogens is 1. The summed E-state index contributed by atoms with van der Waals surface area (Å²) in [6.07, 6.45) is 5.98. The maximum absolute atomic E-state index is 11.4. The summed E-state index contributed by atoms with van der Waals surface area (Å²) in [5.41, 5.74) is 3.58. The maximum Gasteiger partial charge on any atom is 0.381 e. The number of hydrogen-bond acceptors (Lipinski definition) is 5. The number of hydrogen-bond donors (Lipinski definition) is 0. The van der Waals surface area contributed by atoms with E-state index in [1.54, 1.807) is 12.0 Å². The second-order valence-electron chi connectivity index (χ2n) is 7.35. The number of piperidine rings is 1. The number of carbonyl (C=O) groups excluding carboxylic acids is 1. The highest BCUT2D eigenvalue weighted by atomic mass is 16.5. The van der Waals surface area contributed by atoms with Gasteiger partial charge in [-0.3, -0.25) is 4.98 Å². The van der Waals surface area contributed by atoms with Crippen molar-refractivity contribution in [2.75, 3.05) is 38.2 Å². The lowest BCUT2D eigenvalue weighted by atomic mass is 9.93. The van der Waals surface area contributed by atoms with Gasteiger partial charge in [-0.15, -0.1) is 4.91 Å². The van der Waals surface area contributed by atoms with Crippen molar-refractivity contribution in [1.82, 2.24) is 9.88 Å². The van der Waals surface area contributed by atoms with E-state index in [1.807, 2.05) is 18.3 Å². The zero-order valence-corrected chi connectivity index (χ0v) is 15.6. The van der Waals surface area contributed by atoms with Gasteiger partial charge in [-0.25, -0.2) is 4.79 Å². The molecule has 0 unspecified atom stereocenters. The molecule has 7 heteroatoms. The number of amides is 2. The first-order valence-corrected chi connectivity index (χ1v) is 9.52. The molecule has 27 heavy (non-hydrogen) atoms. The van der Waals surface area contributed by atoms with Crippen molar-refractivity contribution in [3.05, 3.63) is 34.9 Å². The first kappa shape index (κ1) is 17.7. The fraction of sp³-hybridized carbons (Fsp3) is 0.500. The van der Waals surface area contributed by atoms with Gasteiger partial charge in [-0.1, -0.05) is 0 Å². The molecule has 1 saturated heterocycles. The van der Waals surface area contributed by atoms with Crippen molar-refractivity contribution < 1.29 is 9.53 Å². The highest BCUT2D eigenvalue weighted by Gasteiger charge is 2.26. The number of carbonyl (C=O) groups is 1. The molecule has 0 spiro atoms. The van der Waals surface area contributed by atoms with Crippen molar-refractivity contribution in [1.29, 1.82) is 0 Å². The molecule has 0 saturated carbocycles. The molecule has 0 atom stereocenters. The van der Waals surface area contributed by atoms with Crippen LogP contribution in [0, 0.1) is 10.8 Å². The van der Waals surface area contributed by atoms with Crippen LogP contribution in [0.25, 0.3) is 10.9 Å². The molecule has 0 N–H and O–H groups in total. The molecule has 0 aliphatic carbocycles. The summed E-state index contributed by atoms with van der Waals surface area (Å²) in [6, 6.07) is 5.41. The lowest BCUT2D eigenvalue weighted by Crippen LogP contribution is -2.37. The lowest BCUT2D eigenvalue weighted by Gasteiger charge is -2.31. The normalized spacial score (nSPS) is 17.2. The maximum atomic E-state index is 11.4. The Morgan fingerprint density at radius 3 is 2.85 bits per heavy atom. The van der Waals surface area contributed by atoms with Gasteiger partial charge in [0.2, 0.25) is 0 Å². The topological polar surface area (TPSA) is 75.1 Å². The fourth-order valence-electron chi connectivity index (χ4n) is 4.28. The summed E-state index contributed by atoms with van der Waals surface area (Å²) in [6.45, 7) is 3.28. The number of nitroso groups, excluding NO2 is 1. The van der Waals surface area contributed by atoms with E-state index in [0.717, 1.165) is 55.4 Å². The van der Waals surface area contributed by atoms with Gasteiger partial charge < -0.3 is 14.5 Å². The Morgan fingerprint density at radius 1 is 1.30 bits per heavy atom. The van der Waals surface area contributed by atoms with Crippen molar-refractivity contribution in [3.8, 4) is 5.75 Å². The van der Waals surface area contributed by atoms with Crippen LogP contribution in [-0.2, 0) is 6.42 Å². The van der Waals surface area contributed by atoms with E-state index in [-0.39, 0.29) is 0 Å². The average Bonchev–Trinajstić information content (AvgIpc) is 3.15. The Kier molecular flexibility index (Phi) is 4.92. The number of rotatable bonds is 4. The molecule has 2 aliphatic heterocycles. The molecule has 2 amide bonds. The molecular weight excluding hydrogens is 344 g/mol. The Labute approximate surface area is 158 Å². The Bertz CT molecular complexity index is 862. The van der Waals surface area contributed by atoms with Gasteiger partial charge in [0.05, 0.1) is 18.3 Å². The van der Waals surface area contributed by atoms with Crippen molar-refractivity contribution in [2.24, 2.45) is 11.1 Å². The number of urea groups is 1. The molecule has 0 radical (unpaired) electrons. The van der Waals surface area contributed by atoms with Crippen molar-refractivity contribution in [3.63, 3.8) is 0 Å². The molecule has 2 aliphatic rings. The number of likely N-dealkylation sites (tertiary alicyclic amines) is 1. The molecular formula is C20H24N4O3. The van der Waals surface area contributed by atoms with E-state index in [2.05, 4.69) is 21.1 Å². The molecule has 2 aromatic rings. The van der Waals surface area contributed by atoms with E-state index >= 15 is 0 Å². The second-order valence-corrected chi connectivity index (χ2v) is 7.35. The first-order valence-electron chi connectivity index (χ1n) is 9.52. The number of ether oxygens (including phenoxy) is 1. The van der Waals surface area contributed by atoms with Crippen LogP contribution in [0.1, 0.15) is 24.8 Å². The van der Waals surface area contributed by atoms with Crippen molar-refractivity contribution >= 4 is 22.6 Å². The number of methoxy groups -OCH3 is 1. The molecule has 1 aromatic heterocycles. The van der Waals surface area contributed by atoms with Gasteiger partial charge in [-0.05, 0) is 55.4 Å². The summed E-state index contributed by atoms with van der Waals surface area (Å²) in [5, 5.41) is 3.68. The van der Waals surface area contributed by atoms with E-state index < -0.39 is 6.03 Å². The summed E-state index contributed by atoms with van der Waals surface area (Å²) < 4.78 is 5.40.